The molecule has 0 aliphatic carbocycles. The van der Waals surface area contributed by atoms with Gasteiger partial charge in [-0.15, -0.1) is 0 Å². The van der Waals surface area contributed by atoms with Crippen LogP contribution in [0.4, 0.5) is 0 Å². The third kappa shape index (κ3) is 2.56. The van der Waals surface area contributed by atoms with Gasteiger partial charge in [-0.2, -0.15) is 0 Å². The van der Waals surface area contributed by atoms with Gasteiger partial charge < -0.3 is 28.4 Å². The molecule has 156 valence electrons. The van der Waals surface area contributed by atoms with Crippen LogP contribution in [0.15, 0.2) is 36.4 Å². The normalized spacial score (nSPS) is 11.0. The second-order valence-electron chi connectivity index (χ2n) is 6.65. The van der Waals surface area contributed by atoms with Gasteiger partial charge in [0.1, 0.15) is 0 Å². The van der Waals surface area contributed by atoms with E-state index in [9.17, 15) is 0 Å². The topological polar surface area (TPSA) is 55.4 Å². The molecule has 0 saturated heterocycles. The number of methoxy groups -OCH3 is 6. The van der Waals surface area contributed by atoms with Gasteiger partial charge in [-0.1, -0.05) is 24.3 Å². The Hall–Kier alpha value is -3.54. The van der Waals surface area contributed by atoms with E-state index in [4.69, 9.17) is 28.4 Å². The summed E-state index contributed by atoms with van der Waals surface area (Å²) in [6.45, 7) is 0. The van der Waals surface area contributed by atoms with Gasteiger partial charge in [0.05, 0.1) is 42.7 Å². The van der Waals surface area contributed by atoms with E-state index < -0.39 is 0 Å². The molecule has 0 aromatic heterocycles. The summed E-state index contributed by atoms with van der Waals surface area (Å²) >= 11 is 0. The summed E-state index contributed by atoms with van der Waals surface area (Å²) in [4.78, 5) is 0. The molecular weight excluding hydrogens is 384 g/mol. The SMILES string of the molecule is COc1ccc2c3ccccc3c3c(OC)c(OC)c(OC)c(OC)c3c2c1OC. The number of ether oxygens (including phenoxy) is 6. The molecule has 4 aromatic rings. The zero-order chi connectivity index (χ0) is 21.4. The van der Waals surface area contributed by atoms with Crippen LogP contribution in [0.25, 0.3) is 32.3 Å². The van der Waals surface area contributed by atoms with E-state index in [1.807, 2.05) is 24.3 Å². The van der Waals surface area contributed by atoms with Crippen LogP contribution in [0.2, 0.25) is 0 Å². The summed E-state index contributed by atoms with van der Waals surface area (Å²) in [6.07, 6.45) is 0. The molecule has 0 atom stereocenters. The molecule has 6 nitrogen and oxygen atoms in total. The first kappa shape index (κ1) is 19.8. The monoisotopic (exact) mass is 408 g/mol. The largest absolute Gasteiger partial charge is 0.493 e. The Kier molecular flexibility index (Phi) is 5.08. The first-order chi connectivity index (χ1) is 14.7. The van der Waals surface area contributed by atoms with Crippen molar-refractivity contribution in [2.75, 3.05) is 42.7 Å². The van der Waals surface area contributed by atoms with Gasteiger partial charge in [0.15, 0.2) is 23.0 Å². The second kappa shape index (κ2) is 7.71. The van der Waals surface area contributed by atoms with Gasteiger partial charge in [0.2, 0.25) is 11.5 Å². The van der Waals surface area contributed by atoms with Crippen molar-refractivity contribution in [1.82, 2.24) is 0 Å². The zero-order valence-corrected chi connectivity index (χ0v) is 17.9. The van der Waals surface area contributed by atoms with Crippen LogP contribution in [0, 0.1) is 0 Å². The van der Waals surface area contributed by atoms with E-state index in [0.29, 0.717) is 34.5 Å². The smallest absolute Gasteiger partial charge is 0.207 e. The lowest BCUT2D eigenvalue weighted by Crippen LogP contribution is -2.01. The lowest BCUT2D eigenvalue weighted by atomic mass is 9.91. The average Bonchev–Trinajstić information content (AvgIpc) is 2.80. The fourth-order valence-corrected chi connectivity index (χ4v) is 4.25. The van der Waals surface area contributed by atoms with E-state index in [1.54, 1.807) is 42.7 Å². The molecule has 0 fully saturated rings. The summed E-state index contributed by atoms with van der Waals surface area (Å²) in [7, 11) is 9.63. The van der Waals surface area contributed by atoms with Crippen LogP contribution in [0.1, 0.15) is 0 Å². The van der Waals surface area contributed by atoms with Gasteiger partial charge in [-0.05, 0) is 28.3 Å². The number of benzene rings is 4. The molecule has 6 heteroatoms. The van der Waals surface area contributed by atoms with Crippen molar-refractivity contribution in [1.29, 1.82) is 0 Å². The van der Waals surface area contributed by atoms with Crippen molar-refractivity contribution >= 4 is 32.3 Å². The molecule has 4 aromatic carbocycles. The standard InChI is InChI=1S/C24H24O6/c1-25-16-12-11-15-13-9-7-8-10-14(13)18-19(17(15)20(16)26-2)22(28-4)24(30-6)23(29-5)21(18)27-3/h7-12H,1-6H3. The molecule has 0 bridgehead atoms. The second-order valence-corrected chi connectivity index (χ2v) is 6.65. The maximum absolute atomic E-state index is 5.86. The lowest BCUT2D eigenvalue weighted by molar-refractivity contribution is 0.310. The van der Waals surface area contributed by atoms with Crippen LogP contribution in [-0.2, 0) is 0 Å². The highest BCUT2D eigenvalue weighted by molar-refractivity contribution is 6.31. The summed E-state index contributed by atoms with van der Waals surface area (Å²) in [5.74, 6) is 3.25. The molecule has 0 aliphatic rings. The minimum Gasteiger partial charge on any atom is -0.493 e. The Morgan fingerprint density at radius 1 is 0.400 bits per heavy atom. The lowest BCUT2D eigenvalue weighted by Gasteiger charge is -2.22. The number of fused-ring (bicyclic) bond motifs is 6. The van der Waals surface area contributed by atoms with Crippen molar-refractivity contribution < 1.29 is 28.4 Å². The van der Waals surface area contributed by atoms with E-state index in [2.05, 4.69) is 12.1 Å². The Morgan fingerprint density at radius 3 is 1.40 bits per heavy atom. The molecule has 0 N–H and O–H groups in total. The minimum absolute atomic E-state index is 0.450. The Bertz CT molecular complexity index is 1240. The van der Waals surface area contributed by atoms with Crippen molar-refractivity contribution in [2.24, 2.45) is 0 Å². The number of hydrogen-bond donors (Lipinski definition) is 0. The summed E-state index contributed by atoms with van der Waals surface area (Å²) in [5.41, 5.74) is 0. The van der Waals surface area contributed by atoms with Crippen LogP contribution in [0.5, 0.6) is 34.5 Å². The van der Waals surface area contributed by atoms with Crippen molar-refractivity contribution in [2.45, 2.75) is 0 Å². The highest BCUT2D eigenvalue weighted by Gasteiger charge is 2.28. The molecule has 4 rings (SSSR count). The third-order valence-electron chi connectivity index (χ3n) is 5.42. The van der Waals surface area contributed by atoms with E-state index in [-0.39, 0.29) is 0 Å². The quantitative estimate of drug-likeness (QED) is 0.409. The fraction of sp³-hybridized carbons (Fsp3) is 0.250. The highest BCUT2D eigenvalue weighted by Crippen LogP contribution is 2.56. The summed E-state index contributed by atoms with van der Waals surface area (Å²) in [5, 5.41) is 5.56. The maximum atomic E-state index is 5.86. The van der Waals surface area contributed by atoms with Crippen molar-refractivity contribution in [3.05, 3.63) is 36.4 Å². The van der Waals surface area contributed by atoms with Crippen molar-refractivity contribution in [3.8, 4) is 34.5 Å². The predicted molar refractivity (Wildman–Crippen MR) is 118 cm³/mol. The van der Waals surface area contributed by atoms with Crippen LogP contribution >= 0.6 is 0 Å². The Morgan fingerprint density at radius 2 is 0.867 bits per heavy atom. The van der Waals surface area contributed by atoms with Gasteiger partial charge >= 0.3 is 0 Å². The first-order valence-electron chi connectivity index (χ1n) is 9.41. The Labute approximate surface area is 174 Å². The molecule has 0 unspecified atom stereocenters. The van der Waals surface area contributed by atoms with Crippen molar-refractivity contribution in [3.63, 3.8) is 0 Å². The molecule has 0 saturated carbocycles. The minimum atomic E-state index is 0.450. The molecule has 0 heterocycles. The van der Waals surface area contributed by atoms with Gasteiger partial charge in [0, 0.05) is 16.2 Å². The maximum Gasteiger partial charge on any atom is 0.207 e. The molecule has 0 spiro atoms. The number of hydrogen-bond acceptors (Lipinski definition) is 6. The van der Waals surface area contributed by atoms with Gasteiger partial charge in [-0.25, -0.2) is 0 Å². The van der Waals surface area contributed by atoms with Crippen LogP contribution < -0.4 is 28.4 Å². The zero-order valence-electron chi connectivity index (χ0n) is 17.9. The molecule has 0 radical (unpaired) electrons. The summed E-state index contributed by atoms with van der Waals surface area (Å²) in [6, 6.07) is 12.1. The van der Waals surface area contributed by atoms with Gasteiger partial charge in [0.25, 0.3) is 0 Å². The average molecular weight is 408 g/mol. The van der Waals surface area contributed by atoms with E-state index in [1.165, 1.54) is 0 Å². The summed E-state index contributed by atoms with van der Waals surface area (Å²) < 4.78 is 34.5. The molecule has 30 heavy (non-hydrogen) atoms. The third-order valence-corrected chi connectivity index (χ3v) is 5.42. The van der Waals surface area contributed by atoms with E-state index in [0.717, 1.165) is 32.3 Å². The molecule has 0 aliphatic heterocycles. The first-order valence-corrected chi connectivity index (χ1v) is 9.41. The predicted octanol–water partition coefficient (Wildman–Crippen LogP) is 5.20. The fourth-order valence-electron chi connectivity index (χ4n) is 4.25. The highest BCUT2D eigenvalue weighted by atomic mass is 16.5. The van der Waals surface area contributed by atoms with Gasteiger partial charge in [-0.3, -0.25) is 0 Å². The van der Waals surface area contributed by atoms with Crippen LogP contribution in [-0.4, -0.2) is 42.7 Å². The molecular formula is C24H24O6. The number of rotatable bonds is 6. The molecule has 0 amide bonds. The van der Waals surface area contributed by atoms with Crippen LogP contribution in [0.3, 0.4) is 0 Å². The van der Waals surface area contributed by atoms with E-state index >= 15 is 0 Å². The Balaban J connectivity index is 2.48.